The Hall–Kier alpha value is -1.22. The van der Waals surface area contributed by atoms with Gasteiger partial charge in [-0.15, -0.1) is 10.2 Å². The van der Waals surface area contributed by atoms with Gasteiger partial charge in [-0.3, -0.25) is 0 Å². The standard InChI is InChI=1S/C14H12BrIN2O3/c1-7-6-9(15)4-5-10(7)21-13-11(14(19)20-3)8(2)12(16)17-18-13/h4-6H,1-3H3. The molecule has 1 heterocycles. The lowest BCUT2D eigenvalue weighted by molar-refractivity contribution is 0.0595. The van der Waals surface area contributed by atoms with Gasteiger partial charge in [0.25, 0.3) is 5.88 Å². The smallest absolute Gasteiger partial charge is 0.343 e. The Bertz CT molecular complexity index is 707. The minimum Gasteiger partial charge on any atom is -0.465 e. The second-order valence-corrected chi connectivity index (χ2v) is 6.24. The van der Waals surface area contributed by atoms with E-state index >= 15 is 0 Å². The van der Waals surface area contributed by atoms with Crippen LogP contribution in [0.5, 0.6) is 11.6 Å². The number of esters is 1. The lowest BCUT2D eigenvalue weighted by Gasteiger charge is -2.12. The molecule has 0 saturated heterocycles. The van der Waals surface area contributed by atoms with Gasteiger partial charge in [-0.05, 0) is 60.2 Å². The Balaban J connectivity index is 2.49. The molecule has 0 bridgehead atoms. The summed E-state index contributed by atoms with van der Waals surface area (Å²) in [5.74, 6) is 0.258. The van der Waals surface area contributed by atoms with E-state index in [1.54, 1.807) is 13.0 Å². The second kappa shape index (κ2) is 6.69. The molecule has 0 radical (unpaired) electrons. The highest BCUT2D eigenvalue weighted by molar-refractivity contribution is 14.1. The van der Waals surface area contributed by atoms with Crippen molar-refractivity contribution in [3.63, 3.8) is 0 Å². The zero-order chi connectivity index (χ0) is 15.6. The largest absolute Gasteiger partial charge is 0.465 e. The van der Waals surface area contributed by atoms with Crippen molar-refractivity contribution in [2.45, 2.75) is 13.8 Å². The maximum Gasteiger partial charge on any atom is 0.343 e. The van der Waals surface area contributed by atoms with Crippen LogP contribution in [0.1, 0.15) is 21.5 Å². The lowest BCUT2D eigenvalue weighted by Crippen LogP contribution is -2.11. The SMILES string of the molecule is COC(=O)c1c(Oc2ccc(Br)cc2C)nnc(I)c1C. The van der Waals surface area contributed by atoms with E-state index in [0.29, 0.717) is 20.6 Å². The topological polar surface area (TPSA) is 61.3 Å². The van der Waals surface area contributed by atoms with E-state index in [1.165, 1.54) is 7.11 Å². The molecule has 1 aromatic carbocycles. The summed E-state index contributed by atoms with van der Waals surface area (Å²) in [4.78, 5) is 12.0. The van der Waals surface area contributed by atoms with Crippen molar-refractivity contribution in [3.05, 3.63) is 43.1 Å². The third-order valence-corrected chi connectivity index (χ3v) is 4.38. The fourth-order valence-corrected chi connectivity index (χ4v) is 2.58. The molecule has 0 spiro atoms. The maximum absolute atomic E-state index is 12.0. The van der Waals surface area contributed by atoms with Crippen LogP contribution >= 0.6 is 38.5 Å². The molecule has 0 unspecified atom stereocenters. The summed E-state index contributed by atoms with van der Waals surface area (Å²) in [7, 11) is 1.32. The summed E-state index contributed by atoms with van der Waals surface area (Å²) in [5.41, 5.74) is 1.89. The van der Waals surface area contributed by atoms with E-state index in [4.69, 9.17) is 9.47 Å². The van der Waals surface area contributed by atoms with Crippen molar-refractivity contribution in [1.29, 1.82) is 0 Å². The van der Waals surface area contributed by atoms with Gasteiger partial charge < -0.3 is 9.47 Å². The number of hydrogen-bond donors (Lipinski definition) is 0. The van der Waals surface area contributed by atoms with Crippen molar-refractivity contribution in [2.24, 2.45) is 0 Å². The summed E-state index contributed by atoms with van der Waals surface area (Å²) >= 11 is 5.41. The summed E-state index contributed by atoms with van der Waals surface area (Å²) in [6.07, 6.45) is 0. The first-order valence-electron chi connectivity index (χ1n) is 5.99. The molecule has 0 saturated carbocycles. The minimum absolute atomic E-state index is 0.144. The minimum atomic E-state index is -0.495. The predicted octanol–water partition coefficient (Wildman–Crippen LogP) is 4.04. The lowest BCUT2D eigenvalue weighted by atomic mass is 10.2. The van der Waals surface area contributed by atoms with Gasteiger partial charge in [-0.25, -0.2) is 4.79 Å². The highest BCUT2D eigenvalue weighted by Gasteiger charge is 2.22. The fourth-order valence-electron chi connectivity index (χ4n) is 1.72. The van der Waals surface area contributed by atoms with Crippen LogP contribution in [0.15, 0.2) is 22.7 Å². The Kier molecular flexibility index (Phi) is 5.15. The molecule has 1 aromatic heterocycles. The first-order valence-corrected chi connectivity index (χ1v) is 7.86. The Labute approximate surface area is 144 Å². The Morgan fingerprint density at radius 1 is 1.29 bits per heavy atom. The summed E-state index contributed by atoms with van der Waals surface area (Å²) in [6.45, 7) is 3.69. The van der Waals surface area contributed by atoms with E-state index in [9.17, 15) is 4.79 Å². The van der Waals surface area contributed by atoms with E-state index in [1.807, 2.05) is 41.6 Å². The quantitative estimate of drug-likeness (QED) is 0.508. The highest BCUT2D eigenvalue weighted by Crippen LogP contribution is 2.30. The number of carbonyl (C=O) groups is 1. The molecule has 0 fully saturated rings. The Morgan fingerprint density at radius 3 is 2.62 bits per heavy atom. The summed E-state index contributed by atoms with van der Waals surface area (Å²) in [5, 5.41) is 7.97. The molecule has 0 atom stereocenters. The first kappa shape index (κ1) is 16.2. The van der Waals surface area contributed by atoms with Gasteiger partial charge in [0.1, 0.15) is 15.0 Å². The predicted molar refractivity (Wildman–Crippen MR) is 89.8 cm³/mol. The molecule has 0 aliphatic carbocycles. The molecule has 21 heavy (non-hydrogen) atoms. The number of hydrogen-bond acceptors (Lipinski definition) is 5. The molecule has 0 aliphatic rings. The molecule has 0 amide bonds. The number of ether oxygens (including phenoxy) is 2. The van der Waals surface area contributed by atoms with Crippen molar-refractivity contribution in [2.75, 3.05) is 7.11 Å². The van der Waals surface area contributed by atoms with E-state index in [0.717, 1.165) is 10.0 Å². The van der Waals surface area contributed by atoms with Crippen molar-refractivity contribution >= 4 is 44.5 Å². The number of aromatic nitrogens is 2. The second-order valence-electron chi connectivity index (χ2n) is 4.30. The van der Waals surface area contributed by atoms with Gasteiger partial charge in [-0.2, -0.15) is 0 Å². The van der Waals surface area contributed by atoms with Gasteiger partial charge in [-0.1, -0.05) is 15.9 Å². The van der Waals surface area contributed by atoms with Crippen LogP contribution in [0.4, 0.5) is 0 Å². The highest BCUT2D eigenvalue weighted by atomic mass is 127. The Morgan fingerprint density at radius 2 is 2.00 bits per heavy atom. The number of benzene rings is 1. The van der Waals surface area contributed by atoms with Crippen LogP contribution in [0, 0.1) is 17.5 Å². The van der Waals surface area contributed by atoms with Crippen molar-refractivity contribution < 1.29 is 14.3 Å². The number of rotatable bonds is 3. The molecule has 5 nitrogen and oxygen atoms in total. The molecule has 0 N–H and O–H groups in total. The number of halogens is 2. The third kappa shape index (κ3) is 3.52. The first-order chi connectivity index (χ1) is 9.93. The van der Waals surface area contributed by atoms with Gasteiger partial charge in [0.05, 0.1) is 7.11 Å². The third-order valence-electron chi connectivity index (χ3n) is 2.86. The van der Waals surface area contributed by atoms with Crippen molar-refractivity contribution in [3.8, 4) is 11.6 Å². The average Bonchev–Trinajstić information content (AvgIpc) is 2.45. The van der Waals surface area contributed by atoms with Crippen LogP contribution in [0.2, 0.25) is 0 Å². The molecule has 2 aromatic rings. The van der Waals surface area contributed by atoms with Crippen LogP contribution < -0.4 is 4.74 Å². The van der Waals surface area contributed by atoms with Crippen LogP contribution in [0.3, 0.4) is 0 Å². The summed E-state index contributed by atoms with van der Waals surface area (Å²) < 4.78 is 12.1. The normalized spacial score (nSPS) is 10.3. The van der Waals surface area contributed by atoms with Crippen LogP contribution in [0.25, 0.3) is 0 Å². The van der Waals surface area contributed by atoms with Crippen LogP contribution in [-0.4, -0.2) is 23.3 Å². The number of aryl methyl sites for hydroxylation is 1. The molecule has 110 valence electrons. The van der Waals surface area contributed by atoms with Gasteiger partial charge in [0, 0.05) is 10.0 Å². The molecular formula is C14H12BrIN2O3. The van der Waals surface area contributed by atoms with Crippen LogP contribution in [-0.2, 0) is 4.74 Å². The fraction of sp³-hybridized carbons (Fsp3) is 0.214. The number of nitrogens with zero attached hydrogens (tertiary/aromatic N) is 2. The van der Waals surface area contributed by atoms with Gasteiger partial charge in [0.15, 0.2) is 0 Å². The monoisotopic (exact) mass is 462 g/mol. The molecular weight excluding hydrogens is 451 g/mol. The molecule has 7 heteroatoms. The average molecular weight is 463 g/mol. The van der Waals surface area contributed by atoms with E-state index in [-0.39, 0.29) is 5.88 Å². The number of carbonyl (C=O) groups excluding carboxylic acids is 1. The van der Waals surface area contributed by atoms with E-state index < -0.39 is 5.97 Å². The van der Waals surface area contributed by atoms with Gasteiger partial charge in [0.2, 0.25) is 0 Å². The van der Waals surface area contributed by atoms with Gasteiger partial charge >= 0.3 is 5.97 Å². The molecule has 2 rings (SSSR count). The number of methoxy groups -OCH3 is 1. The van der Waals surface area contributed by atoms with Crippen molar-refractivity contribution in [1.82, 2.24) is 10.2 Å². The van der Waals surface area contributed by atoms with E-state index in [2.05, 4.69) is 26.1 Å². The summed E-state index contributed by atoms with van der Waals surface area (Å²) in [6, 6.07) is 5.57. The zero-order valence-corrected chi connectivity index (χ0v) is 15.4. The maximum atomic E-state index is 12.0. The molecule has 0 aliphatic heterocycles. The zero-order valence-electron chi connectivity index (χ0n) is 11.6.